The van der Waals surface area contributed by atoms with Crippen molar-refractivity contribution in [3.05, 3.63) is 35.5 Å². The molecule has 1 heteroatoms. The third-order valence-corrected chi connectivity index (χ3v) is 9.70. The van der Waals surface area contributed by atoms with E-state index in [0.29, 0.717) is 17.3 Å². The zero-order valence-electron chi connectivity index (χ0n) is 18.9. The van der Waals surface area contributed by atoms with Gasteiger partial charge in [-0.2, -0.15) is 0 Å². The van der Waals surface area contributed by atoms with Crippen LogP contribution in [0, 0.1) is 40.4 Å². The van der Waals surface area contributed by atoms with Crippen LogP contribution in [0.4, 0.5) is 0 Å². The van der Waals surface area contributed by atoms with Crippen LogP contribution in [-0.2, 0) is 0 Å². The van der Waals surface area contributed by atoms with Crippen LogP contribution in [0.1, 0.15) is 86.0 Å². The van der Waals surface area contributed by atoms with Crippen molar-refractivity contribution in [3.63, 3.8) is 0 Å². The van der Waals surface area contributed by atoms with Crippen LogP contribution in [0.5, 0.6) is 0 Å². The molecule has 0 spiro atoms. The van der Waals surface area contributed by atoms with E-state index in [4.69, 9.17) is 0 Å². The third kappa shape index (κ3) is 3.08. The van der Waals surface area contributed by atoms with Crippen molar-refractivity contribution in [3.8, 4) is 0 Å². The highest BCUT2D eigenvalue weighted by atomic mass is 16.3. The summed E-state index contributed by atoms with van der Waals surface area (Å²) in [6.45, 7) is 11.8. The second-order valence-corrected chi connectivity index (χ2v) is 11.2. The molecule has 28 heavy (non-hydrogen) atoms. The molecule has 1 N–H and O–H groups in total. The first-order chi connectivity index (χ1) is 13.3. The molecule has 156 valence electrons. The molecule has 0 aromatic heterocycles. The van der Waals surface area contributed by atoms with Gasteiger partial charge in [0.15, 0.2) is 0 Å². The Hall–Kier alpha value is -0.820. The smallest absolute Gasteiger partial charge is 0.0633 e. The lowest BCUT2D eigenvalue weighted by Crippen LogP contribution is -2.54. The van der Waals surface area contributed by atoms with Crippen LogP contribution < -0.4 is 0 Å². The van der Waals surface area contributed by atoms with Gasteiger partial charge in [-0.05, 0) is 100 Å². The van der Waals surface area contributed by atoms with Gasteiger partial charge in [-0.25, -0.2) is 0 Å². The van der Waals surface area contributed by atoms with Crippen LogP contribution in [-0.4, -0.2) is 11.2 Å². The first-order valence-electron chi connectivity index (χ1n) is 12.0. The molecule has 4 aliphatic carbocycles. The van der Waals surface area contributed by atoms with E-state index in [2.05, 4.69) is 58.9 Å². The van der Waals surface area contributed by atoms with Gasteiger partial charge in [-0.3, -0.25) is 0 Å². The van der Waals surface area contributed by atoms with E-state index >= 15 is 0 Å². The molecule has 0 aromatic rings. The topological polar surface area (TPSA) is 20.2 Å². The largest absolute Gasteiger partial charge is 0.392 e. The summed E-state index contributed by atoms with van der Waals surface area (Å²) >= 11 is 0. The summed E-state index contributed by atoms with van der Waals surface area (Å²) in [6.07, 6.45) is 19.6. The molecular weight excluding hydrogens is 340 g/mol. The van der Waals surface area contributed by atoms with Crippen molar-refractivity contribution >= 4 is 0 Å². The average molecular weight is 383 g/mol. The average Bonchev–Trinajstić information content (AvgIpc) is 3.00. The fourth-order valence-electron chi connectivity index (χ4n) is 8.18. The number of fused-ring (bicyclic) bond motifs is 5. The Labute approximate surface area is 173 Å². The van der Waals surface area contributed by atoms with Crippen LogP contribution in [0.3, 0.4) is 0 Å². The van der Waals surface area contributed by atoms with Crippen molar-refractivity contribution in [1.29, 1.82) is 0 Å². The second kappa shape index (κ2) is 7.46. The summed E-state index contributed by atoms with van der Waals surface area (Å²) in [5.74, 6) is 3.82. The Balaban J connectivity index is 1.58. The van der Waals surface area contributed by atoms with Crippen molar-refractivity contribution in [2.24, 2.45) is 40.4 Å². The first-order valence-corrected chi connectivity index (χ1v) is 12.0. The molecular formula is C27H42O. The minimum Gasteiger partial charge on any atom is -0.392 e. The number of hydrogen-bond acceptors (Lipinski definition) is 1. The highest BCUT2D eigenvalue weighted by Crippen LogP contribution is 2.67. The fraction of sp³-hybridized carbons (Fsp3) is 0.778. The number of allylic oxidation sites excluding steroid dienone is 5. The van der Waals surface area contributed by atoms with Gasteiger partial charge in [-0.15, -0.1) is 0 Å². The Kier molecular flexibility index (Phi) is 5.45. The predicted octanol–water partition coefficient (Wildman–Crippen LogP) is 7.08. The van der Waals surface area contributed by atoms with Crippen molar-refractivity contribution in [1.82, 2.24) is 0 Å². The summed E-state index contributed by atoms with van der Waals surface area (Å²) in [5.41, 5.74) is 3.53. The minimum atomic E-state index is -0.118. The van der Waals surface area contributed by atoms with E-state index in [1.807, 2.05) is 0 Å². The van der Waals surface area contributed by atoms with Gasteiger partial charge in [0, 0.05) is 5.41 Å². The molecule has 4 aliphatic rings. The van der Waals surface area contributed by atoms with E-state index < -0.39 is 0 Å². The Morgan fingerprint density at radius 3 is 2.68 bits per heavy atom. The highest BCUT2D eigenvalue weighted by Gasteiger charge is 2.60. The van der Waals surface area contributed by atoms with Crippen molar-refractivity contribution < 1.29 is 5.11 Å². The molecule has 3 fully saturated rings. The lowest BCUT2D eigenvalue weighted by Gasteiger charge is -2.59. The lowest BCUT2D eigenvalue weighted by atomic mass is 9.46. The molecule has 4 rings (SSSR count). The molecule has 1 nitrogen and oxygen atoms in total. The summed E-state index contributed by atoms with van der Waals surface area (Å²) in [7, 11) is 0. The molecule has 0 aliphatic heterocycles. The van der Waals surface area contributed by atoms with E-state index in [-0.39, 0.29) is 11.5 Å². The van der Waals surface area contributed by atoms with Gasteiger partial charge in [0.05, 0.1) is 6.10 Å². The molecule has 0 saturated heterocycles. The van der Waals surface area contributed by atoms with Crippen LogP contribution in [0.2, 0.25) is 0 Å². The van der Waals surface area contributed by atoms with Gasteiger partial charge in [-0.1, -0.05) is 56.2 Å². The molecule has 0 aromatic carbocycles. The molecule has 0 heterocycles. The second-order valence-electron chi connectivity index (χ2n) is 11.2. The Morgan fingerprint density at radius 1 is 1.14 bits per heavy atom. The van der Waals surface area contributed by atoms with Crippen LogP contribution in [0.15, 0.2) is 35.5 Å². The normalized spacial score (nSPS) is 46.4. The maximum atomic E-state index is 11.0. The quantitative estimate of drug-likeness (QED) is 0.408. The maximum absolute atomic E-state index is 11.0. The Morgan fingerprint density at radius 2 is 1.93 bits per heavy atom. The monoisotopic (exact) mass is 382 g/mol. The van der Waals surface area contributed by atoms with Crippen molar-refractivity contribution in [2.75, 3.05) is 0 Å². The number of hydrogen-bond donors (Lipinski definition) is 1. The first kappa shape index (κ1) is 20.5. The molecule has 8 atom stereocenters. The van der Waals surface area contributed by atoms with E-state index in [1.54, 1.807) is 5.57 Å². The standard InChI is InChI=1S/C27H42O/c1-18(2)8-6-9-19(3)22-14-15-23-21-13-12-20-10-7-11-25(28)27(20,5)24(21)16-17-26(22,23)4/h6,8-9,12,19,21-25,28H,7,10-11,13-17H2,1-5H3/b9-6+/t19-,21+,22-,23+,24+,25?,26-,27+/m1/s1. The maximum Gasteiger partial charge on any atom is 0.0633 e. The van der Waals surface area contributed by atoms with Crippen molar-refractivity contribution in [2.45, 2.75) is 92.1 Å². The number of aliphatic hydroxyl groups is 1. The zero-order valence-corrected chi connectivity index (χ0v) is 18.9. The van der Waals surface area contributed by atoms with Gasteiger partial charge < -0.3 is 5.11 Å². The summed E-state index contributed by atoms with van der Waals surface area (Å²) in [6, 6.07) is 0. The molecule has 0 bridgehead atoms. The van der Waals surface area contributed by atoms with Gasteiger partial charge in [0.2, 0.25) is 0 Å². The number of rotatable bonds is 3. The zero-order chi connectivity index (χ0) is 20.1. The molecule has 0 radical (unpaired) electrons. The van der Waals surface area contributed by atoms with Crippen LogP contribution >= 0.6 is 0 Å². The van der Waals surface area contributed by atoms with Gasteiger partial charge in [0.25, 0.3) is 0 Å². The van der Waals surface area contributed by atoms with Gasteiger partial charge >= 0.3 is 0 Å². The van der Waals surface area contributed by atoms with Crippen LogP contribution in [0.25, 0.3) is 0 Å². The fourth-order valence-corrected chi connectivity index (χ4v) is 8.18. The van der Waals surface area contributed by atoms with Gasteiger partial charge in [0.1, 0.15) is 0 Å². The minimum absolute atomic E-state index is 0.0650. The molecule has 1 unspecified atom stereocenters. The van der Waals surface area contributed by atoms with E-state index in [1.165, 1.54) is 50.5 Å². The molecule has 0 amide bonds. The summed E-state index contributed by atoms with van der Waals surface area (Å²) in [4.78, 5) is 0. The predicted molar refractivity (Wildman–Crippen MR) is 119 cm³/mol. The van der Waals surface area contributed by atoms with E-state index in [9.17, 15) is 5.11 Å². The number of aliphatic hydroxyl groups excluding tert-OH is 1. The summed E-state index contributed by atoms with van der Waals surface area (Å²) < 4.78 is 0. The third-order valence-electron chi connectivity index (χ3n) is 9.70. The Bertz CT molecular complexity index is 680. The van der Waals surface area contributed by atoms with E-state index in [0.717, 1.165) is 24.2 Å². The molecule has 3 saturated carbocycles. The lowest BCUT2D eigenvalue weighted by molar-refractivity contribution is -0.0913. The SMILES string of the molecule is CC(C)=C/C=C/[C@@H](C)[C@H]1CC[C@H]2[C@@H]3CC=C4CCCC(O)[C@]4(C)[C@H]3CC[C@]12C. The summed E-state index contributed by atoms with van der Waals surface area (Å²) in [5, 5.41) is 11.0. The highest BCUT2D eigenvalue weighted by molar-refractivity contribution is 5.26.